The molecular formula is C14H12BrN3O2. The van der Waals surface area contributed by atoms with E-state index in [-0.39, 0.29) is 11.2 Å². The quantitative estimate of drug-likeness (QED) is 0.681. The van der Waals surface area contributed by atoms with Crippen molar-refractivity contribution in [3.05, 3.63) is 62.0 Å². The molecule has 3 aromatic rings. The molecule has 3 rings (SSSR count). The molecule has 0 atom stereocenters. The Morgan fingerprint density at radius 1 is 1.05 bits per heavy atom. The lowest BCUT2D eigenvalue weighted by Crippen LogP contribution is -2.36. The minimum absolute atomic E-state index is 0.281. The van der Waals surface area contributed by atoms with Gasteiger partial charge in [0, 0.05) is 36.6 Å². The molecule has 0 N–H and O–H groups in total. The number of fused-ring (bicyclic) bond motifs is 1. The van der Waals surface area contributed by atoms with Crippen LogP contribution in [0.2, 0.25) is 0 Å². The van der Waals surface area contributed by atoms with Gasteiger partial charge >= 0.3 is 5.69 Å². The number of aromatic nitrogens is 3. The van der Waals surface area contributed by atoms with Crippen molar-refractivity contribution in [2.24, 2.45) is 14.1 Å². The van der Waals surface area contributed by atoms with E-state index < -0.39 is 0 Å². The molecule has 0 saturated carbocycles. The second-order valence-electron chi connectivity index (χ2n) is 4.65. The summed E-state index contributed by atoms with van der Waals surface area (Å²) in [5.41, 5.74) is 0.939. The predicted molar refractivity (Wildman–Crippen MR) is 81.5 cm³/mol. The topological polar surface area (TPSA) is 48.9 Å². The van der Waals surface area contributed by atoms with Gasteiger partial charge in [-0.3, -0.25) is 13.9 Å². The van der Waals surface area contributed by atoms with Gasteiger partial charge < -0.3 is 4.57 Å². The molecule has 0 saturated heterocycles. The van der Waals surface area contributed by atoms with Gasteiger partial charge in [0.05, 0.1) is 10.9 Å². The fourth-order valence-electron chi connectivity index (χ4n) is 2.26. The van der Waals surface area contributed by atoms with Gasteiger partial charge in [-0.25, -0.2) is 4.79 Å². The zero-order valence-electron chi connectivity index (χ0n) is 11.0. The van der Waals surface area contributed by atoms with Crippen LogP contribution < -0.4 is 11.2 Å². The molecule has 0 radical (unpaired) electrons. The third kappa shape index (κ3) is 1.84. The van der Waals surface area contributed by atoms with Crippen LogP contribution in [-0.4, -0.2) is 13.7 Å². The van der Waals surface area contributed by atoms with Gasteiger partial charge in [0.2, 0.25) is 0 Å². The van der Waals surface area contributed by atoms with Gasteiger partial charge in [-0.05, 0) is 18.2 Å². The number of hydrogen-bond donors (Lipinski definition) is 0. The Morgan fingerprint density at radius 2 is 1.80 bits per heavy atom. The first kappa shape index (κ1) is 12.9. The van der Waals surface area contributed by atoms with Crippen LogP contribution in [0.4, 0.5) is 0 Å². The zero-order chi connectivity index (χ0) is 14.4. The lowest BCUT2D eigenvalue weighted by Gasteiger charge is -2.02. The van der Waals surface area contributed by atoms with Crippen molar-refractivity contribution in [1.29, 1.82) is 0 Å². The van der Waals surface area contributed by atoms with Gasteiger partial charge in [-0.15, -0.1) is 0 Å². The van der Waals surface area contributed by atoms with Crippen LogP contribution in [0.5, 0.6) is 0 Å². The van der Waals surface area contributed by atoms with E-state index >= 15 is 0 Å². The molecule has 5 nitrogen and oxygen atoms in total. The molecule has 0 aliphatic carbocycles. The third-order valence-electron chi connectivity index (χ3n) is 3.38. The fraction of sp³-hybridized carbons (Fsp3) is 0.143. The van der Waals surface area contributed by atoms with E-state index in [2.05, 4.69) is 15.9 Å². The van der Waals surface area contributed by atoms with Crippen molar-refractivity contribution < 1.29 is 0 Å². The standard InChI is InChI=1S/C14H12BrN3O2/c1-16-12-8-18(10-5-3-4-9(15)6-10)7-11(12)13(19)17(2)14(16)20/h3-8H,1-2H3. The van der Waals surface area contributed by atoms with Crippen molar-refractivity contribution in [1.82, 2.24) is 13.7 Å². The van der Waals surface area contributed by atoms with E-state index in [0.717, 1.165) is 14.7 Å². The summed E-state index contributed by atoms with van der Waals surface area (Å²) < 4.78 is 5.39. The summed E-state index contributed by atoms with van der Waals surface area (Å²) in [6, 6.07) is 7.73. The molecule has 0 spiro atoms. The van der Waals surface area contributed by atoms with Gasteiger partial charge in [0.25, 0.3) is 5.56 Å². The summed E-state index contributed by atoms with van der Waals surface area (Å²) in [7, 11) is 3.15. The van der Waals surface area contributed by atoms with Crippen molar-refractivity contribution in [2.45, 2.75) is 0 Å². The van der Waals surface area contributed by atoms with Crippen LogP contribution in [0.25, 0.3) is 16.6 Å². The summed E-state index contributed by atoms with van der Waals surface area (Å²) in [5, 5.41) is 0.523. The van der Waals surface area contributed by atoms with Gasteiger partial charge in [0.15, 0.2) is 0 Å². The Morgan fingerprint density at radius 3 is 2.50 bits per heavy atom. The number of hydrogen-bond acceptors (Lipinski definition) is 2. The van der Waals surface area contributed by atoms with Crippen LogP contribution in [0.1, 0.15) is 0 Å². The molecule has 1 aromatic carbocycles. The Bertz CT molecular complexity index is 934. The molecule has 20 heavy (non-hydrogen) atoms. The number of halogens is 1. The molecule has 2 heterocycles. The average molecular weight is 334 g/mol. The lowest BCUT2D eigenvalue weighted by atomic mass is 10.3. The molecule has 0 aliphatic rings. The lowest BCUT2D eigenvalue weighted by molar-refractivity contribution is 0.714. The molecule has 0 fully saturated rings. The highest BCUT2D eigenvalue weighted by atomic mass is 79.9. The van der Waals surface area contributed by atoms with Crippen LogP contribution in [0, 0.1) is 0 Å². The smallest absolute Gasteiger partial charge is 0.321 e. The maximum Gasteiger partial charge on any atom is 0.330 e. The largest absolute Gasteiger partial charge is 0.330 e. The fourth-order valence-corrected chi connectivity index (χ4v) is 2.64. The SMILES string of the molecule is Cn1c(=O)c2cn(-c3cccc(Br)c3)cc2n(C)c1=O. The molecule has 2 aromatic heterocycles. The first-order chi connectivity index (χ1) is 9.49. The predicted octanol–water partition coefficient (Wildman–Crippen LogP) is 1.79. The maximum absolute atomic E-state index is 12.1. The summed E-state index contributed by atoms with van der Waals surface area (Å²) in [6.45, 7) is 0. The van der Waals surface area contributed by atoms with Gasteiger partial charge in [0.1, 0.15) is 0 Å². The van der Waals surface area contributed by atoms with Gasteiger partial charge in [-0.1, -0.05) is 22.0 Å². The molecule has 6 heteroatoms. The summed E-state index contributed by atoms with van der Waals surface area (Å²) in [6.07, 6.45) is 3.54. The summed E-state index contributed by atoms with van der Waals surface area (Å²) >= 11 is 3.42. The van der Waals surface area contributed by atoms with Crippen LogP contribution in [0.3, 0.4) is 0 Å². The number of nitrogens with zero attached hydrogens (tertiary/aromatic N) is 3. The highest BCUT2D eigenvalue weighted by Gasteiger charge is 2.11. The molecule has 0 unspecified atom stereocenters. The minimum Gasteiger partial charge on any atom is -0.321 e. The van der Waals surface area contributed by atoms with Crippen LogP contribution >= 0.6 is 15.9 Å². The van der Waals surface area contributed by atoms with E-state index in [0.29, 0.717) is 10.9 Å². The highest BCUT2D eigenvalue weighted by molar-refractivity contribution is 9.10. The van der Waals surface area contributed by atoms with Crippen molar-refractivity contribution >= 4 is 26.8 Å². The number of aryl methyl sites for hydroxylation is 1. The molecule has 0 bridgehead atoms. The van der Waals surface area contributed by atoms with Crippen molar-refractivity contribution in [3.63, 3.8) is 0 Å². The molecular weight excluding hydrogens is 322 g/mol. The molecule has 0 aliphatic heterocycles. The second kappa shape index (κ2) is 4.49. The van der Waals surface area contributed by atoms with Crippen LogP contribution in [0.15, 0.2) is 50.7 Å². The van der Waals surface area contributed by atoms with Crippen LogP contribution in [-0.2, 0) is 14.1 Å². The average Bonchev–Trinajstić information content (AvgIpc) is 2.88. The van der Waals surface area contributed by atoms with E-state index in [1.54, 1.807) is 19.4 Å². The summed E-state index contributed by atoms with van der Waals surface area (Å²) in [5.74, 6) is 0. The second-order valence-corrected chi connectivity index (χ2v) is 5.57. The zero-order valence-corrected chi connectivity index (χ0v) is 12.6. The Kier molecular flexibility index (Phi) is 2.90. The number of benzene rings is 1. The molecule has 0 amide bonds. The summed E-state index contributed by atoms with van der Waals surface area (Å²) in [4.78, 5) is 24.1. The van der Waals surface area contributed by atoms with Gasteiger partial charge in [-0.2, -0.15) is 0 Å². The number of rotatable bonds is 1. The van der Waals surface area contributed by atoms with Crippen molar-refractivity contribution in [3.8, 4) is 5.69 Å². The first-order valence-electron chi connectivity index (χ1n) is 6.02. The Hall–Kier alpha value is -2.08. The van der Waals surface area contributed by atoms with E-state index in [1.165, 1.54) is 11.6 Å². The van der Waals surface area contributed by atoms with Crippen molar-refractivity contribution in [2.75, 3.05) is 0 Å². The minimum atomic E-state index is -0.325. The maximum atomic E-state index is 12.1. The van der Waals surface area contributed by atoms with E-state index in [9.17, 15) is 9.59 Å². The highest BCUT2D eigenvalue weighted by Crippen LogP contribution is 2.18. The first-order valence-corrected chi connectivity index (χ1v) is 6.82. The van der Waals surface area contributed by atoms with E-state index in [4.69, 9.17) is 0 Å². The normalized spacial score (nSPS) is 11.2. The Labute approximate surface area is 122 Å². The Balaban J connectivity index is 2.37. The van der Waals surface area contributed by atoms with E-state index in [1.807, 2.05) is 28.8 Å². The monoisotopic (exact) mass is 333 g/mol. The third-order valence-corrected chi connectivity index (χ3v) is 3.88. The molecule has 102 valence electrons.